The SMILES string of the molecule is C[C@H](O)c1cccnc1Sc1nc2ccccc2o1. The van der Waals surface area contributed by atoms with Crippen LogP contribution in [0.1, 0.15) is 18.6 Å². The van der Waals surface area contributed by atoms with Crippen molar-refractivity contribution in [3.63, 3.8) is 0 Å². The van der Waals surface area contributed by atoms with Crippen LogP contribution in [0.5, 0.6) is 0 Å². The molecule has 0 aliphatic rings. The first-order chi connectivity index (χ1) is 9.24. The first-order valence-corrected chi connectivity index (χ1v) is 6.72. The highest BCUT2D eigenvalue weighted by Crippen LogP contribution is 2.32. The maximum Gasteiger partial charge on any atom is 0.263 e. The van der Waals surface area contributed by atoms with Crippen LogP contribution in [-0.2, 0) is 0 Å². The minimum absolute atomic E-state index is 0.529. The Hall–Kier alpha value is -1.85. The molecule has 4 nitrogen and oxygen atoms in total. The summed E-state index contributed by atoms with van der Waals surface area (Å²) in [6.07, 6.45) is 1.12. The van der Waals surface area contributed by atoms with Crippen molar-refractivity contribution in [3.8, 4) is 0 Å². The summed E-state index contributed by atoms with van der Waals surface area (Å²) < 4.78 is 5.64. The van der Waals surface area contributed by atoms with Gasteiger partial charge in [0.1, 0.15) is 10.5 Å². The Morgan fingerprint density at radius 2 is 2.05 bits per heavy atom. The van der Waals surface area contributed by atoms with E-state index in [1.165, 1.54) is 11.8 Å². The molecular formula is C14H12N2O2S. The number of hydrogen-bond acceptors (Lipinski definition) is 5. The fourth-order valence-electron chi connectivity index (χ4n) is 1.78. The Bertz CT molecular complexity index is 676. The van der Waals surface area contributed by atoms with E-state index in [2.05, 4.69) is 9.97 Å². The molecule has 2 heterocycles. The van der Waals surface area contributed by atoms with Crippen LogP contribution in [0, 0.1) is 0 Å². The van der Waals surface area contributed by atoms with Crippen LogP contribution in [0.25, 0.3) is 11.1 Å². The predicted molar refractivity (Wildman–Crippen MR) is 73.0 cm³/mol. The van der Waals surface area contributed by atoms with E-state index in [-0.39, 0.29) is 0 Å². The number of oxazole rings is 1. The summed E-state index contributed by atoms with van der Waals surface area (Å²) in [7, 11) is 0. The van der Waals surface area contributed by atoms with E-state index in [1.807, 2.05) is 30.3 Å². The highest BCUT2D eigenvalue weighted by atomic mass is 32.2. The Labute approximate surface area is 114 Å². The quantitative estimate of drug-likeness (QED) is 0.791. The number of rotatable bonds is 3. The third-order valence-electron chi connectivity index (χ3n) is 2.71. The Morgan fingerprint density at radius 3 is 2.84 bits per heavy atom. The lowest BCUT2D eigenvalue weighted by atomic mass is 10.2. The number of aliphatic hydroxyl groups excluding tert-OH is 1. The highest BCUT2D eigenvalue weighted by Gasteiger charge is 2.13. The molecule has 96 valence electrons. The third-order valence-corrected chi connectivity index (χ3v) is 3.59. The van der Waals surface area contributed by atoms with Crippen molar-refractivity contribution in [2.75, 3.05) is 0 Å². The molecule has 1 N–H and O–H groups in total. The molecule has 0 bridgehead atoms. The van der Waals surface area contributed by atoms with Crippen molar-refractivity contribution >= 4 is 22.9 Å². The minimum Gasteiger partial charge on any atom is -0.431 e. The molecule has 0 amide bonds. The van der Waals surface area contributed by atoms with Crippen molar-refractivity contribution in [2.45, 2.75) is 23.3 Å². The Morgan fingerprint density at radius 1 is 1.21 bits per heavy atom. The first-order valence-electron chi connectivity index (χ1n) is 5.90. The van der Waals surface area contributed by atoms with Crippen molar-refractivity contribution < 1.29 is 9.52 Å². The number of aliphatic hydroxyl groups is 1. The summed E-state index contributed by atoms with van der Waals surface area (Å²) in [6, 6.07) is 11.3. The molecule has 0 unspecified atom stereocenters. The van der Waals surface area contributed by atoms with Gasteiger partial charge in [0, 0.05) is 11.8 Å². The van der Waals surface area contributed by atoms with Crippen LogP contribution < -0.4 is 0 Å². The molecule has 3 rings (SSSR count). The summed E-state index contributed by atoms with van der Waals surface area (Å²) in [4.78, 5) is 8.65. The minimum atomic E-state index is -0.569. The fourth-order valence-corrected chi connectivity index (χ4v) is 2.69. The fraction of sp³-hybridized carbons (Fsp3) is 0.143. The van der Waals surface area contributed by atoms with E-state index in [0.717, 1.165) is 16.7 Å². The topological polar surface area (TPSA) is 59.2 Å². The van der Waals surface area contributed by atoms with Gasteiger partial charge in [-0.2, -0.15) is 0 Å². The zero-order valence-electron chi connectivity index (χ0n) is 10.3. The van der Waals surface area contributed by atoms with E-state index in [0.29, 0.717) is 10.2 Å². The van der Waals surface area contributed by atoms with Crippen LogP contribution in [0.2, 0.25) is 0 Å². The molecule has 1 aromatic carbocycles. The maximum absolute atomic E-state index is 9.72. The van der Waals surface area contributed by atoms with E-state index >= 15 is 0 Å². The van der Waals surface area contributed by atoms with Crippen LogP contribution in [0.15, 0.2) is 57.3 Å². The second kappa shape index (κ2) is 5.03. The first kappa shape index (κ1) is 12.2. The average Bonchev–Trinajstić information content (AvgIpc) is 2.81. The molecule has 5 heteroatoms. The highest BCUT2D eigenvalue weighted by molar-refractivity contribution is 7.99. The number of nitrogens with zero attached hydrogens (tertiary/aromatic N) is 2. The summed E-state index contributed by atoms with van der Waals surface area (Å²) in [5.74, 6) is 0. The zero-order chi connectivity index (χ0) is 13.2. The monoisotopic (exact) mass is 272 g/mol. The van der Waals surface area contributed by atoms with Gasteiger partial charge >= 0.3 is 0 Å². The van der Waals surface area contributed by atoms with Gasteiger partial charge in [-0.15, -0.1) is 0 Å². The van der Waals surface area contributed by atoms with Crippen LogP contribution >= 0.6 is 11.8 Å². The molecule has 1 atom stereocenters. The van der Waals surface area contributed by atoms with Crippen molar-refractivity contribution in [3.05, 3.63) is 48.2 Å². The summed E-state index contributed by atoms with van der Waals surface area (Å²) >= 11 is 1.32. The van der Waals surface area contributed by atoms with Gasteiger partial charge in [0.05, 0.1) is 6.10 Å². The summed E-state index contributed by atoms with van der Waals surface area (Å²) in [5, 5.41) is 11.0. The number of fused-ring (bicyclic) bond motifs is 1. The predicted octanol–water partition coefficient (Wildman–Crippen LogP) is 3.43. The van der Waals surface area contributed by atoms with Gasteiger partial charge in [0.15, 0.2) is 5.58 Å². The molecule has 0 radical (unpaired) electrons. The molecule has 2 aromatic heterocycles. The number of pyridine rings is 1. The smallest absolute Gasteiger partial charge is 0.263 e. The van der Waals surface area contributed by atoms with Gasteiger partial charge in [-0.05, 0) is 36.9 Å². The van der Waals surface area contributed by atoms with Crippen molar-refractivity contribution in [1.29, 1.82) is 0 Å². The zero-order valence-corrected chi connectivity index (χ0v) is 11.1. The number of hydrogen-bond donors (Lipinski definition) is 1. The maximum atomic E-state index is 9.72. The van der Waals surface area contributed by atoms with E-state index < -0.39 is 6.10 Å². The van der Waals surface area contributed by atoms with E-state index in [4.69, 9.17) is 4.42 Å². The molecule has 0 aliphatic carbocycles. The molecule has 0 saturated carbocycles. The normalized spacial score (nSPS) is 12.7. The second-order valence-corrected chi connectivity index (χ2v) is 5.06. The lowest BCUT2D eigenvalue weighted by molar-refractivity contribution is 0.195. The van der Waals surface area contributed by atoms with E-state index in [1.54, 1.807) is 19.2 Å². The van der Waals surface area contributed by atoms with Gasteiger partial charge in [0.25, 0.3) is 5.22 Å². The molecule has 0 aliphatic heterocycles. The lowest BCUT2D eigenvalue weighted by Crippen LogP contribution is -1.95. The molecule has 3 aromatic rings. The van der Waals surface area contributed by atoms with Crippen molar-refractivity contribution in [2.24, 2.45) is 0 Å². The summed E-state index contributed by atoms with van der Waals surface area (Å²) in [6.45, 7) is 1.72. The summed E-state index contributed by atoms with van der Waals surface area (Å²) in [5.41, 5.74) is 2.34. The molecule has 0 spiro atoms. The van der Waals surface area contributed by atoms with E-state index in [9.17, 15) is 5.11 Å². The van der Waals surface area contributed by atoms with Crippen molar-refractivity contribution in [1.82, 2.24) is 9.97 Å². The van der Waals surface area contributed by atoms with Crippen LogP contribution in [0.4, 0.5) is 0 Å². The molecular weight excluding hydrogens is 260 g/mol. The Balaban J connectivity index is 1.97. The second-order valence-electron chi connectivity index (χ2n) is 4.12. The average molecular weight is 272 g/mol. The molecule has 19 heavy (non-hydrogen) atoms. The van der Waals surface area contributed by atoms with Crippen LogP contribution in [-0.4, -0.2) is 15.1 Å². The van der Waals surface area contributed by atoms with Gasteiger partial charge in [0.2, 0.25) is 0 Å². The third kappa shape index (κ3) is 2.47. The number of para-hydroxylation sites is 2. The van der Waals surface area contributed by atoms with Gasteiger partial charge < -0.3 is 9.52 Å². The lowest BCUT2D eigenvalue weighted by Gasteiger charge is -2.07. The van der Waals surface area contributed by atoms with Crippen LogP contribution in [0.3, 0.4) is 0 Å². The number of benzene rings is 1. The van der Waals surface area contributed by atoms with Gasteiger partial charge in [-0.3, -0.25) is 0 Å². The molecule has 0 fully saturated rings. The van der Waals surface area contributed by atoms with Gasteiger partial charge in [-0.1, -0.05) is 18.2 Å². The Kier molecular flexibility index (Phi) is 3.23. The standard InChI is InChI=1S/C14H12N2O2S/c1-9(17)10-5-4-8-15-13(10)19-14-16-11-6-2-3-7-12(11)18-14/h2-9,17H,1H3/t9-/m0/s1. The van der Waals surface area contributed by atoms with Gasteiger partial charge in [-0.25, -0.2) is 9.97 Å². The molecule has 0 saturated heterocycles. The number of aromatic nitrogens is 2. The largest absolute Gasteiger partial charge is 0.431 e.